The summed E-state index contributed by atoms with van der Waals surface area (Å²) in [4.78, 5) is 32.6. The average molecular weight is 344 g/mol. The van der Waals surface area contributed by atoms with Crippen molar-refractivity contribution in [1.82, 2.24) is 19.4 Å². The minimum absolute atomic E-state index is 0.0663. The number of para-hydroxylation sites is 1. The van der Waals surface area contributed by atoms with Gasteiger partial charge in [0, 0.05) is 13.1 Å². The lowest BCUT2D eigenvalue weighted by molar-refractivity contribution is -0.136. The Hall–Kier alpha value is -2.25. The number of aliphatic hydroxyl groups is 1. The van der Waals surface area contributed by atoms with Gasteiger partial charge in [-0.3, -0.25) is 14.2 Å². The predicted octanol–water partition coefficient (Wildman–Crippen LogP) is 0.312. The maximum Gasteiger partial charge on any atom is 0.261 e. The van der Waals surface area contributed by atoms with Gasteiger partial charge in [-0.25, -0.2) is 4.98 Å². The van der Waals surface area contributed by atoms with Crippen molar-refractivity contribution in [2.45, 2.75) is 25.0 Å². The van der Waals surface area contributed by atoms with Gasteiger partial charge in [0.1, 0.15) is 0 Å². The van der Waals surface area contributed by atoms with Gasteiger partial charge in [0.2, 0.25) is 5.91 Å². The molecule has 2 aromatic rings. The molecule has 1 aliphatic rings. The van der Waals surface area contributed by atoms with Gasteiger partial charge < -0.3 is 14.9 Å². The van der Waals surface area contributed by atoms with Crippen LogP contribution in [0.2, 0.25) is 0 Å². The first-order valence-corrected chi connectivity index (χ1v) is 8.47. The number of likely N-dealkylation sites (N-methyl/N-ethyl adjacent to an activating group) is 1. The zero-order chi connectivity index (χ0) is 18.0. The number of benzene rings is 1. The van der Waals surface area contributed by atoms with E-state index in [2.05, 4.69) is 4.98 Å². The summed E-state index contributed by atoms with van der Waals surface area (Å²) >= 11 is 0. The molecule has 0 bridgehead atoms. The van der Waals surface area contributed by atoms with E-state index in [9.17, 15) is 14.7 Å². The van der Waals surface area contributed by atoms with Gasteiger partial charge in [0.25, 0.3) is 5.56 Å². The molecule has 2 heterocycles. The number of hydrogen-bond acceptors (Lipinski definition) is 5. The Morgan fingerprint density at radius 2 is 1.96 bits per heavy atom. The number of rotatable bonds is 4. The second kappa shape index (κ2) is 6.93. The number of piperidine rings is 1. The van der Waals surface area contributed by atoms with Crippen LogP contribution in [0, 0.1) is 0 Å². The van der Waals surface area contributed by atoms with Gasteiger partial charge in [-0.15, -0.1) is 0 Å². The molecular formula is C18H24N4O3. The highest BCUT2D eigenvalue weighted by molar-refractivity contribution is 5.78. The maximum absolute atomic E-state index is 12.6. The fourth-order valence-electron chi connectivity index (χ4n) is 3.24. The van der Waals surface area contributed by atoms with Gasteiger partial charge in [0.05, 0.1) is 35.9 Å². The van der Waals surface area contributed by atoms with E-state index < -0.39 is 5.60 Å². The first kappa shape index (κ1) is 17.6. The van der Waals surface area contributed by atoms with E-state index in [1.807, 2.05) is 25.1 Å². The Balaban J connectivity index is 1.71. The highest BCUT2D eigenvalue weighted by Crippen LogP contribution is 2.24. The highest BCUT2D eigenvalue weighted by Gasteiger charge is 2.34. The molecule has 0 saturated carbocycles. The maximum atomic E-state index is 12.6. The molecule has 1 aromatic heterocycles. The number of amides is 1. The molecule has 1 N–H and O–H groups in total. The highest BCUT2D eigenvalue weighted by atomic mass is 16.3. The number of carbonyl (C=O) groups is 1. The molecule has 1 amide bonds. The molecule has 1 aromatic carbocycles. The minimum atomic E-state index is -0.997. The average Bonchev–Trinajstić information content (AvgIpc) is 2.57. The number of carbonyl (C=O) groups excluding carboxylic acids is 1. The van der Waals surface area contributed by atoms with Crippen molar-refractivity contribution in [3.63, 3.8) is 0 Å². The second-order valence-corrected chi connectivity index (χ2v) is 7.04. The van der Waals surface area contributed by atoms with E-state index in [4.69, 9.17) is 0 Å². The van der Waals surface area contributed by atoms with E-state index in [0.717, 1.165) is 0 Å². The van der Waals surface area contributed by atoms with Crippen molar-refractivity contribution < 1.29 is 9.90 Å². The summed E-state index contributed by atoms with van der Waals surface area (Å²) in [7, 11) is 3.72. The first-order valence-electron chi connectivity index (χ1n) is 8.47. The molecular weight excluding hydrogens is 320 g/mol. The van der Waals surface area contributed by atoms with Crippen LogP contribution in [0.5, 0.6) is 0 Å². The zero-order valence-electron chi connectivity index (χ0n) is 14.7. The molecule has 0 spiro atoms. The lowest BCUT2D eigenvalue weighted by Gasteiger charge is -2.38. The van der Waals surface area contributed by atoms with E-state index in [-0.39, 0.29) is 18.0 Å². The molecule has 1 fully saturated rings. The summed E-state index contributed by atoms with van der Waals surface area (Å²) in [5.41, 5.74) is -0.493. The minimum Gasteiger partial charge on any atom is -0.388 e. The smallest absolute Gasteiger partial charge is 0.261 e. The van der Waals surface area contributed by atoms with Gasteiger partial charge >= 0.3 is 0 Å². The third-order valence-corrected chi connectivity index (χ3v) is 4.69. The lowest BCUT2D eigenvalue weighted by atomic mass is 9.91. The van der Waals surface area contributed by atoms with Crippen LogP contribution in [0.25, 0.3) is 10.9 Å². The normalized spacial score (nSPS) is 17.2. The Labute approximate surface area is 146 Å². The molecule has 0 radical (unpaired) electrons. The molecule has 0 aliphatic carbocycles. The van der Waals surface area contributed by atoms with Crippen LogP contribution in [-0.2, 0) is 11.3 Å². The Kier molecular flexibility index (Phi) is 4.87. The number of fused-ring (bicyclic) bond motifs is 1. The van der Waals surface area contributed by atoms with Crippen LogP contribution < -0.4 is 5.56 Å². The summed E-state index contributed by atoms with van der Waals surface area (Å²) in [6, 6.07) is 7.19. The quantitative estimate of drug-likeness (QED) is 0.864. The molecule has 0 unspecified atom stereocenters. The van der Waals surface area contributed by atoms with Crippen LogP contribution in [-0.4, -0.2) is 69.7 Å². The standard InChI is InChI=1S/C18H24N4O3/c1-20(2)11-16(23)21-9-7-18(25,8-10-21)12-22-13-19-15-6-4-3-5-14(15)17(22)24/h3-6,13,25H,7-12H2,1-2H3. The van der Waals surface area contributed by atoms with Crippen molar-refractivity contribution in [2.75, 3.05) is 33.7 Å². The van der Waals surface area contributed by atoms with Crippen molar-refractivity contribution >= 4 is 16.8 Å². The Bertz CT molecular complexity index is 822. The summed E-state index contributed by atoms with van der Waals surface area (Å²) in [6.45, 7) is 1.56. The van der Waals surface area contributed by atoms with Gasteiger partial charge in [-0.05, 0) is 39.1 Å². The SMILES string of the molecule is CN(C)CC(=O)N1CCC(O)(Cn2cnc3ccccc3c2=O)CC1. The number of nitrogens with zero attached hydrogens (tertiary/aromatic N) is 4. The molecule has 7 nitrogen and oxygen atoms in total. The fourth-order valence-corrected chi connectivity index (χ4v) is 3.24. The summed E-state index contributed by atoms with van der Waals surface area (Å²) in [5, 5.41) is 11.4. The lowest BCUT2D eigenvalue weighted by Crippen LogP contribution is -2.51. The van der Waals surface area contributed by atoms with Crippen LogP contribution in [0.4, 0.5) is 0 Å². The fraction of sp³-hybridized carbons (Fsp3) is 0.500. The van der Waals surface area contributed by atoms with Gasteiger partial charge in [-0.1, -0.05) is 12.1 Å². The topological polar surface area (TPSA) is 78.7 Å². The predicted molar refractivity (Wildman–Crippen MR) is 95.3 cm³/mol. The Morgan fingerprint density at radius 1 is 1.28 bits per heavy atom. The molecule has 1 saturated heterocycles. The van der Waals surface area contributed by atoms with Crippen LogP contribution >= 0.6 is 0 Å². The summed E-state index contributed by atoms with van der Waals surface area (Å²) in [5.74, 6) is 0.0663. The van der Waals surface area contributed by atoms with Crippen molar-refractivity contribution in [1.29, 1.82) is 0 Å². The van der Waals surface area contributed by atoms with Crippen LogP contribution in [0.3, 0.4) is 0 Å². The number of hydrogen-bond donors (Lipinski definition) is 1. The monoisotopic (exact) mass is 344 g/mol. The number of aromatic nitrogens is 2. The molecule has 0 atom stereocenters. The molecule has 25 heavy (non-hydrogen) atoms. The third kappa shape index (κ3) is 3.88. The van der Waals surface area contributed by atoms with E-state index in [0.29, 0.717) is 43.4 Å². The van der Waals surface area contributed by atoms with Crippen molar-refractivity contribution in [3.05, 3.63) is 40.9 Å². The molecule has 1 aliphatic heterocycles. The van der Waals surface area contributed by atoms with E-state index in [1.54, 1.807) is 23.1 Å². The largest absolute Gasteiger partial charge is 0.388 e. The van der Waals surface area contributed by atoms with Crippen molar-refractivity contribution in [3.8, 4) is 0 Å². The van der Waals surface area contributed by atoms with Crippen LogP contribution in [0.1, 0.15) is 12.8 Å². The zero-order valence-corrected chi connectivity index (χ0v) is 14.7. The van der Waals surface area contributed by atoms with E-state index >= 15 is 0 Å². The van der Waals surface area contributed by atoms with Crippen molar-refractivity contribution in [2.24, 2.45) is 0 Å². The van der Waals surface area contributed by atoms with Gasteiger partial charge in [-0.2, -0.15) is 0 Å². The first-order chi connectivity index (χ1) is 11.9. The van der Waals surface area contributed by atoms with E-state index in [1.165, 1.54) is 10.9 Å². The molecule has 7 heteroatoms. The second-order valence-electron chi connectivity index (χ2n) is 7.04. The van der Waals surface area contributed by atoms with Gasteiger partial charge in [0.15, 0.2) is 0 Å². The molecule has 3 rings (SSSR count). The molecule has 134 valence electrons. The number of likely N-dealkylation sites (tertiary alicyclic amines) is 1. The Morgan fingerprint density at radius 3 is 2.64 bits per heavy atom. The van der Waals surface area contributed by atoms with Crippen LogP contribution in [0.15, 0.2) is 35.4 Å². The third-order valence-electron chi connectivity index (χ3n) is 4.69. The summed E-state index contributed by atoms with van der Waals surface area (Å²) < 4.78 is 1.47. The summed E-state index contributed by atoms with van der Waals surface area (Å²) in [6.07, 6.45) is 2.39.